The van der Waals surface area contributed by atoms with Gasteiger partial charge in [0.05, 0.1) is 12.5 Å². The Morgan fingerprint density at radius 1 is 1.53 bits per heavy atom. The molecule has 2 aromatic heterocycles. The third-order valence-electron chi connectivity index (χ3n) is 2.23. The van der Waals surface area contributed by atoms with E-state index in [0.29, 0.717) is 0 Å². The van der Waals surface area contributed by atoms with Crippen LogP contribution < -0.4 is 5.32 Å². The fraction of sp³-hybridized carbons (Fsp3) is 0.364. The van der Waals surface area contributed by atoms with Crippen LogP contribution in [0.5, 0.6) is 0 Å². The van der Waals surface area contributed by atoms with Gasteiger partial charge in [-0.25, -0.2) is 0 Å². The molecule has 0 aromatic carbocycles. The Kier molecular flexibility index (Phi) is 3.19. The normalized spacial score (nSPS) is 10.7. The highest BCUT2D eigenvalue weighted by molar-refractivity contribution is 5.55. The number of furan rings is 1. The van der Waals surface area contributed by atoms with Gasteiger partial charge in [-0.2, -0.15) is 5.10 Å². The molecule has 2 heterocycles. The molecule has 0 aliphatic heterocycles. The first-order valence-electron chi connectivity index (χ1n) is 5.18. The van der Waals surface area contributed by atoms with Crippen molar-refractivity contribution in [2.45, 2.75) is 19.9 Å². The smallest absolute Gasteiger partial charge is 0.151 e. The Labute approximate surface area is 88.7 Å². The Morgan fingerprint density at radius 3 is 3.20 bits per heavy atom. The number of hydrogen-bond donors (Lipinski definition) is 2. The molecule has 4 nitrogen and oxygen atoms in total. The van der Waals surface area contributed by atoms with E-state index in [4.69, 9.17) is 4.42 Å². The lowest BCUT2D eigenvalue weighted by Crippen LogP contribution is -2.13. The fourth-order valence-corrected chi connectivity index (χ4v) is 1.48. The second kappa shape index (κ2) is 4.79. The van der Waals surface area contributed by atoms with Gasteiger partial charge in [0.2, 0.25) is 0 Å². The molecule has 0 saturated carbocycles. The SMILES string of the molecule is CCCNCc1cn[nH]c1-c1ccco1. The van der Waals surface area contributed by atoms with Crippen molar-refractivity contribution in [2.75, 3.05) is 6.54 Å². The summed E-state index contributed by atoms with van der Waals surface area (Å²) in [7, 11) is 0. The summed E-state index contributed by atoms with van der Waals surface area (Å²) < 4.78 is 5.33. The molecule has 4 heteroatoms. The summed E-state index contributed by atoms with van der Waals surface area (Å²) >= 11 is 0. The van der Waals surface area contributed by atoms with Crippen molar-refractivity contribution >= 4 is 0 Å². The first-order valence-corrected chi connectivity index (χ1v) is 5.18. The number of aromatic amines is 1. The van der Waals surface area contributed by atoms with Crippen molar-refractivity contribution in [3.05, 3.63) is 30.2 Å². The number of H-pyrrole nitrogens is 1. The molecule has 0 amide bonds. The van der Waals surface area contributed by atoms with Crippen molar-refractivity contribution in [1.82, 2.24) is 15.5 Å². The highest BCUT2D eigenvalue weighted by atomic mass is 16.3. The zero-order valence-electron chi connectivity index (χ0n) is 8.79. The minimum Gasteiger partial charge on any atom is -0.463 e. The third-order valence-corrected chi connectivity index (χ3v) is 2.23. The minimum absolute atomic E-state index is 0.820. The van der Waals surface area contributed by atoms with Gasteiger partial charge in [0.15, 0.2) is 5.76 Å². The van der Waals surface area contributed by atoms with Crippen LogP contribution >= 0.6 is 0 Å². The van der Waals surface area contributed by atoms with Crippen molar-refractivity contribution < 1.29 is 4.42 Å². The molecular weight excluding hydrogens is 190 g/mol. The standard InChI is InChI=1S/C11H15N3O/c1-2-5-12-7-9-8-13-14-11(9)10-4-3-6-15-10/h3-4,6,8,12H,2,5,7H2,1H3,(H,13,14). The molecular formula is C11H15N3O. The van der Waals surface area contributed by atoms with E-state index in [1.165, 1.54) is 0 Å². The first-order chi connectivity index (χ1) is 7.42. The summed E-state index contributed by atoms with van der Waals surface area (Å²) in [5.41, 5.74) is 2.10. The molecule has 2 rings (SSSR count). The van der Waals surface area contributed by atoms with Crippen molar-refractivity contribution in [1.29, 1.82) is 0 Å². The van der Waals surface area contributed by atoms with Crippen molar-refractivity contribution in [2.24, 2.45) is 0 Å². The summed E-state index contributed by atoms with van der Waals surface area (Å²) in [4.78, 5) is 0. The van der Waals surface area contributed by atoms with E-state index < -0.39 is 0 Å². The predicted molar refractivity (Wildman–Crippen MR) is 58.3 cm³/mol. The van der Waals surface area contributed by atoms with Gasteiger partial charge in [0.25, 0.3) is 0 Å². The van der Waals surface area contributed by atoms with E-state index in [1.54, 1.807) is 6.26 Å². The van der Waals surface area contributed by atoms with E-state index in [0.717, 1.165) is 36.5 Å². The van der Waals surface area contributed by atoms with Gasteiger partial charge in [-0.05, 0) is 25.1 Å². The maximum absolute atomic E-state index is 5.33. The maximum Gasteiger partial charge on any atom is 0.151 e. The maximum atomic E-state index is 5.33. The third kappa shape index (κ3) is 2.27. The summed E-state index contributed by atoms with van der Waals surface area (Å²) in [6.07, 6.45) is 4.63. The molecule has 15 heavy (non-hydrogen) atoms. The number of rotatable bonds is 5. The van der Waals surface area contributed by atoms with Gasteiger partial charge < -0.3 is 9.73 Å². The lowest BCUT2D eigenvalue weighted by molar-refractivity contribution is 0.578. The van der Waals surface area contributed by atoms with Gasteiger partial charge in [0, 0.05) is 12.1 Å². The Bertz CT molecular complexity index is 392. The molecule has 0 atom stereocenters. The second-order valence-corrected chi connectivity index (χ2v) is 3.42. The van der Waals surface area contributed by atoms with Crippen LogP contribution in [0.1, 0.15) is 18.9 Å². The van der Waals surface area contributed by atoms with Gasteiger partial charge >= 0.3 is 0 Å². The molecule has 0 radical (unpaired) electrons. The van der Waals surface area contributed by atoms with E-state index in [1.807, 2.05) is 18.3 Å². The lowest BCUT2D eigenvalue weighted by atomic mass is 10.2. The minimum atomic E-state index is 0.820. The summed E-state index contributed by atoms with van der Waals surface area (Å²) in [6, 6.07) is 3.80. The zero-order valence-corrected chi connectivity index (χ0v) is 8.79. The van der Waals surface area contributed by atoms with Crippen LogP contribution in [0.25, 0.3) is 11.5 Å². The molecule has 0 unspecified atom stereocenters. The van der Waals surface area contributed by atoms with Crippen molar-refractivity contribution in [3.8, 4) is 11.5 Å². The van der Waals surface area contributed by atoms with Crippen LogP contribution in [-0.2, 0) is 6.54 Å². The molecule has 0 aliphatic rings. The van der Waals surface area contributed by atoms with Gasteiger partial charge in [-0.3, -0.25) is 5.10 Å². The van der Waals surface area contributed by atoms with Gasteiger partial charge in [-0.1, -0.05) is 6.92 Å². The average Bonchev–Trinajstić information content (AvgIpc) is 2.87. The zero-order chi connectivity index (χ0) is 10.5. The fourth-order valence-electron chi connectivity index (χ4n) is 1.48. The lowest BCUT2D eigenvalue weighted by Gasteiger charge is -2.01. The van der Waals surface area contributed by atoms with E-state index in [2.05, 4.69) is 22.4 Å². The molecule has 2 N–H and O–H groups in total. The van der Waals surface area contributed by atoms with Crippen LogP contribution in [-0.4, -0.2) is 16.7 Å². The van der Waals surface area contributed by atoms with Crippen molar-refractivity contribution in [3.63, 3.8) is 0 Å². The molecule has 0 aliphatic carbocycles. The van der Waals surface area contributed by atoms with E-state index >= 15 is 0 Å². The number of nitrogens with zero attached hydrogens (tertiary/aromatic N) is 1. The molecule has 0 fully saturated rings. The summed E-state index contributed by atoms with van der Waals surface area (Å²) in [5, 5.41) is 10.3. The van der Waals surface area contributed by atoms with Crippen LogP contribution in [0.4, 0.5) is 0 Å². The largest absolute Gasteiger partial charge is 0.463 e. The Morgan fingerprint density at radius 2 is 2.47 bits per heavy atom. The highest BCUT2D eigenvalue weighted by Gasteiger charge is 2.08. The summed E-state index contributed by atoms with van der Waals surface area (Å²) in [6.45, 7) is 3.99. The van der Waals surface area contributed by atoms with E-state index in [9.17, 15) is 0 Å². The van der Waals surface area contributed by atoms with Crippen LogP contribution in [0.15, 0.2) is 29.0 Å². The molecule has 80 valence electrons. The second-order valence-electron chi connectivity index (χ2n) is 3.42. The van der Waals surface area contributed by atoms with Crippen LogP contribution in [0.3, 0.4) is 0 Å². The molecule has 0 bridgehead atoms. The van der Waals surface area contributed by atoms with E-state index in [-0.39, 0.29) is 0 Å². The summed E-state index contributed by atoms with van der Waals surface area (Å²) in [5.74, 6) is 0.834. The predicted octanol–water partition coefficient (Wildman–Crippen LogP) is 2.17. The number of hydrogen-bond acceptors (Lipinski definition) is 3. The Hall–Kier alpha value is -1.55. The highest BCUT2D eigenvalue weighted by Crippen LogP contribution is 2.20. The van der Waals surface area contributed by atoms with Crippen LogP contribution in [0.2, 0.25) is 0 Å². The quantitative estimate of drug-likeness (QED) is 0.735. The topological polar surface area (TPSA) is 53.9 Å². The van der Waals surface area contributed by atoms with Gasteiger partial charge in [0.1, 0.15) is 5.69 Å². The monoisotopic (exact) mass is 205 g/mol. The molecule has 0 spiro atoms. The van der Waals surface area contributed by atoms with Gasteiger partial charge in [-0.15, -0.1) is 0 Å². The Balaban J connectivity index is 2.09. The molecule has 2 aromatic rings. The number of nitrogens with one attached hydrogen (secondary N) is 2. The average molecular weight is 205 g/mol. The van der Waals surface area contributed by atoms with Crippen LogP contribution in [0, 0.1) is 0 Å². The molecule has 0 saturated heterocycles. The number of aromatic nitrogens is 2. The first kappa shape index (κ1) is 9.98.